The Bertz CT molecular complexity index is 397. The molecule has 1 radical (unpaired) electrons. The third-order valence-corrected chi connectivity index (χ3v) is 2.70. The summed E-state index contributed by atoms with van der Waals surface area (Å²) in [7, 11) is 0. The summed E-state index contributed by atoms with van der Waals surface area (Å²) in [6, 6.07) is 8.61. The van der Waals surface area contributed by atoms with Crippen LogP contribution in [-0.2, 0) is 48.7 Å². The molecule has 1 aromatic carbocycles. The van der Waals surface area contributed by atoms with Gasteiger partial charge in [0.15, 0.2) is 5.78 Å². The van der Waals surface area contributed by atoms with Crippen molar-refractivity contribution in [3.05, 3.63) is 35.4 Å². The summed E-state index contributed by atoms with van der Waals surface area (Å²) in [5, 5.41) is 10.1. The molecule has 111 valence electrons. The fourth-order valence-electron chi connectivity index (χ4n) is 1.43. The summed E-state index contributed by atoms with van der Waals surface area (Å²) in [5.41, 5.74) is 0.450. The second kappa shape index (κ2) is 9.78. The van der Waals surface area contributed by atoms with Gasteiger partial charge in [-0.05, 0) is 27.2 Å². The van der Waals surface area contributed by atoms with Gasteiger partial charge in [0.2, 0.25) is 0 Å². The van der Waals surface area contributed by atoms with E-state index >= 15 is 0 Å². The summed E-state index contributed by atoms with van der Waals surface area (Å²) in [6.45, 7) is 7.21. The molecule has 1 atom stereocenters. The Morgan fingerprint density at radius 3 is 2.50 bits per heavy atom. The van der Waals surface area contributed by atoms with Crippen LogP contribution < -0.4 is 0 Å². The van der Waals surface area contributed by atoms with Gasteiger partial charge in [-0.3, -0.25) is 4.79 Å². The van der Waals surface area contributed by atoms with Crippen LogP contribution in [0.3, 0.4) is 0 Å². The molecule has 0 saturated heterocycles. The van der Waals surface area contributed by atoms with Crippen molar-refractivity contribution in [3.8, 4) is 0 Å². The number of aliphatic hydroxyl groups is 1. The summed E-state index contributed by atoms with van der Waals surface area (Å²) >= 11 is 0. The molecule has 1 rings (SSSR count). The van der Waals surface area contributed by atoms with Gasteiger partial charge in [0.1, 0.15) is 5.60 Å². The Labute approximate surface area is 148 Å². The molecule has 0 saturated carbocycles. The molecule has 0 aliphatic carbocycles. The number of rotatable bonds is 6. The molecule has 4 heteroatoms. The quantitative estimate of drug-likeness (QED) is 0.799. The molecule has 0 fully saturated rings. The number of hydrogen-bond acceptors (Lipinski definition) is 3. The Hall–Kier alpha value is -0.0861. The van der Waals surface area contributed by atoms with Gasteiger partial charge in [-0.2, -0.15) is 29.8 Å². The maximum absolute atomic E-state index is 12.0. The van der Waals surface area contributed by atoms with Crippen LogP contribution in [0.2, 0.25) is 0 Å². The molecule has 0 unspecified atom stereocenters. The van der Waals surface area contributed by atoms with Crippen LogP contribution in [0, 0.1) is 13.0 Å². The van der Waals surface area contributed by atoms with E-state index in [1.165, 1.54) is 6.92 Å². The smallest absolute Gasteiger partial charge is 0.159 e. The molecule has 3 nitrogen and oxygen atoms in total. The number of hydrogen-bond donors (Lipinski definition) is 1. The number of carbonyl (C=O) groups excluding carboxylic acids is 1. The molecular weight excluding hydrogens is 329 g/mol. The molecule has 0 heterocycles. The van der Waals surface area contributed by atoms with E-state index in [-0.39, 0.29) is 65.1 Å². The van der Waals surface area contributed by atoms with E-state index in [4.69, 9.17) is 4.74 Å². The number of carbonyl (C=O) groups is 1. The first-order valence-electron chi connectivity index (χ1n) is 6.16. The third kappa shape index (κ3) is 7.63. The number of ketones is 1. The first kappa shape index (κ1) is 22.2. The molecule has 20 heavy (non-hydrogen) atoms. The third-order valence-electron chi connectivity index (χ3n) is 2.70. The standard InChI is InChI=1S/C15H21O3.CH4.Y/c1-11(2)18-10-15(4,17)14(16)9-13-7-5-12(3)6-8-13;;/h5,7-8,11,17H,9-10H2,1-4H3;1H4;/q-1;;/t15-;;/m0../s1. The maximum Gasteiger partial charge on any atom is 0.159 e. The monoisotopic (exact) mass is 354 g/mol. The topological polar surface area (TPSA) is 46.5 Å². The zero-order valence-electron chi connectivity index (χ0n) is 12.1. The molecule has 1 aromatic rings. The van der Waals surface area contributed by atoms with Crippen molar-refractivity contribution in [2.45, 2.75) is 53.2 Å². The van der Waals surface area contributed by atoms with E-state index < -0.39 is 5.60 Å². The summed E-state index contributed by atoms with van der Waals surface area (Å²) in [4.78, 5) is 12.0. The summed E-state index contributed by atoms with van der Waals surface area (Å²) in [5.74, 6) is -0.236. The van der Waals surface area contributed by atoms with Gasteiger partial charge in [-0.25, -0.2) is 0 Å². The van der Waals surface area contributed by atoms with Crippen molar-refractivity contribution >= 4 is 5.78 Å². The normalized spacial score (nSPS) is 13.1. The zero-order chi connectivity index (χ0) is 13.8. The fourth-order valence-corrected chi connectivity index (χ4v) is 1.43. The number of ether oxygens (including phenoxy) is 1. The van der Waals surface area contributed by atoms with Crippen LogP contribution in [0.25, 0.3) is 0 Å². The van der Waals surface area contributed by atoms with Crippen LogP contribution in [0.5, 0.6) is 0 Å². The second-order valence-electron chi connectivity index (χ2n) is 5.11. The van der Waals surface area contributed by atoms with Gasteiger partial charge >= 0.3 is 0 Å². The molecule has 0 amide bonds. The molecule has 0 aromatic heterocycles. The summed E-state index contributed by atoms with van der Waals surface area (Å²) < 4.78 is 5.31. The average Bonchev–Trinajstić information content (AvgIpc) is 2.29. The molecule has 1 N–H and O–H groups in total. The number of aryl methyl sites for hydroxylation is 1. The van der Waals surface area contributed by atoms with Gasteiger partial charge < -0.3 is 9.84 Å². The van der Waals surface area contributed by atoms with Gasteiger partial charge in [-0.1, -0.05) is 14.4 Å². The molecule has 0 aliphatic heterocycles. The SMILES string of the molecule is C.Cc1[c-]cc(CC(=O)[C@@](C)(O)COC(C)C)cc1.[Y]. The second-order valence-corrected chi connectivity index (χ2v) is 5.11. The number of Topliss-reactive ketones (excluding diaryl/α,β-unsaturated/α-hetero) is 1. The van der Waals surface area contributed by atoms with Crippen LogP contribution in [0.15, 0.2) is 18.2 Å². The van der Waals surface area contributed by atoms with Crippen LogP contribution in [0.1, 0.15) is 39.3 Å². The Morgan fingerprint density at radius 1 is 1.45 bits per heavy atom. The molecule has 0 aliphatic rings. The van der Waals surface area contributed by atoms with Crippen molar-refractivity contribution in [3.63, 3.8) is 0 Å². The average molecular weight is 354 g/mol. The maximum atomic E-state index is 12.0. The van der Waals surface area contributed by atoms with Crippen molar-refractivity contribution in [2.75, 3.05) is 6.61 Å². The van der Waals surface area contributed by atoms with E-state index in [0.717, 1.165) is 11.1 Å². The Balaban J connectivity index is 0. The fraction of sp³-hybridized carbons (Fsp3) is 0.562. The van der Waals surface area contributed by atoms with Crippen molar-refractivity contribution < 1.29 is 47.3 Å². The van der Waals surface area contributed by atoms with Gasteiger partial charge in [0, 0.05) is 32.7 Å². The van der Waals surface area contributed by atoms with Crippen LogP contribution in [-0.4, -0.2) is 29.2 Å². The Kier molecular flexibility index (Phi) is 10.9. The van der Waals surface area contributed by atoms with Crippen molar-refractivity contribution in [1.29, 1.82) is 0 Å². The van der Waals surface area contributed by atoms with Gasteiger partial charge in [0.05, 0.1) is 12.7 Å². The predicted molar refractivity (Wildman–Crippen MR) is 77.2 cm³/mol. The predicted octanol–water partition coefficient (Wildman–Crippen LogP) is 2.72. The first-order chi connectivity index (χ1) is 8.31. The number of benzene rings is 1. The van der Waals surface area contributed by atoms with E-state index in [1.807, 2.05) is 32.9 Å². The minimum absolute atomic E-state index is 0. The zero-order valence-corrected chi connectivity index (χ0v) is 14.9. The van der Waals surface area contributed by atoms with Crippen molar-refractivity contribution in [1.82, 2.24) is 0 Å². The van der Waals surface area contributed by atoms with Crippen LogP contribution >= 0.6 is 0 Å². The minimum Gasteiger partial charge on any atom is -0.380 e. The van der Waals surface area contributed by atoms with Gasteiger partial charge in [0.25, 0.3) is 0 Å². The largest absolute Gasteiger partial charge is 0.380 e. The molecular formula is C16H25O3Y-. The molecule has 0 spiro atoms. The molecule has 0 bridgehead atoms. The Morgan fingerprint density at radius 2 is 2.05 bits per heavy atom. The van der Waals surface area contributed by atoms with Crippen LogP contribution in [0.4, 0.5) is 0 Å². The van der Waals surface area contributed by atoms with Gasteiger partial charge in [-0.15, -0.1) is 5.56 Å². The van der Waals surface area contributed by atoms with E-state index in [2.05, 4.69) is 6.07 Å². The summed E-state index contributed by atoms with van der Waals surface area (Å²) in [6.07, 6.45) is 0.197. The first-order valence-corrected chi connectivity index (χ1v) is 6.16. The van der Waals surface area contributed by atoms with E-state index in [0.29, 0.717) is 0 Å². The van der Waals surface area contributed by atoms with E-state index in [1.54, 1.807) is 6.07 Å². The van der Waals surface area contributed by atoms with E-state index in [9.17, 15) is 9.90 Å². The van der Waals surface area contributed by atoms with Crippen molar-refractivity contribution in [2.24, 2.45) is 0 Å². The minimum atomic E-state index is -1.44.